The van der Waals surface area contributed by atoms with E-state index in [-0.39, 0.29) is 30.8 Å². The number of benzene rings is 1. The van der Waals surface area contributed by atoms with Gasteiger partial charge in [0.25, 0.3) is 5.91 Å². The largest absolute Gasteiger partial charge is 0.454 e. The molecule has 1 amide bonds. The monoisotopic (exact) mass is 311 g/mol. The predicted octanol–water partition coefficient (Wildman–Crippen LogP) is 2.35. The minimum absolute atomic E-state index is 0.0285. The van der Waals surface area contributed by atoms with Gasteiger partial charge in [0.2, 0.25) is 6.79 Å². The van der Waals surface area contributed by atoms with Crippen molar-refractivity contribution in [2.75, 3.05) is 13.4 Å². The first kappa shape index (κ1) is 14.5. The van der Waals surface area contributed by atoms with Gasteiger partial charge in [-0.1, -0.05) is 24.9 Å². The van der Waals surface area contributed by atoms with E-state index >= 15 is 0 Å². The van der Waals surface area contributed by atoms with Gasteiger partial charge in [-0.2, -0.15) is 0 Å². The van der Waals surface area contributed by atoms with Gasteiger partial charge in [-0.25, -0.2) is 0 Å². The first-order valence-corrected chi connectivity index (χ1v) is 7.42. The van der Waals surface area contributed by atoms with Crippen molar-refractivity contribution >= 4 is 17.5 Å². The van der Waals surface area contributed by atoms with Crippen LogP contribution in [0.5, 0.6) is 11.5 Å². The molecule has 0 radical (unpaired) electrons. The van der Waals surface area contributed by atoms with Gasteiger partial charge >= 0.3 is 0 Å². The van der Waals surface area contributed by atoms with Gasteiger partial charge in [-0.15, -0.1) is 0 Å². The fraction of sp³-hybridized carbons (Fsp3) is 0.533. The van der Waals surface area contributed by atoms with E-state index < -0.39 is 0 Å². The van der Waals surface area contributed by atoms with Crippen molar-refractivity contribution in [3.63, 3.8) is 0 Å². The van der Waals surface area contributed by atoms with E-state index in [1.165, 1.54) is 0 Å². The molecule has 21 heavy (non-hydrogen) atoms. The zero-order chi connectivity index (χ0) is 15.0. The summed E-state index contributed by atoms with van der Waals surface area (Å²) in [5, 5.41) is 12.9. The second-order valence-corrected chi connectivity index (χ2v) is 6.33. The summed E-state index contributed by atoms with van der Waals surface area (Å²) in [5.74, 6) is 0.764. The predicted molar refractivity (Wildman–Crippen MR) is 77.9 cm³/mol. The van der Waals surface area contributed by atoms with Crippen LogP contribution in [0.1, 0.15) is 36.5 Å². The van der Waals surface area contributed by atoms with Gasteiger partial charge in [0.1, 0.15) is 0 Å². The SMILES string of the molecule is C[C@]1(CO)CCC[C@H]1NC(=O)c1cc(Cl)c2c(c1)OCO2. The molecule has 1 fully saturated rings. The topological polar surface area (TPSA) is 67.8 Å². The summed E-state index contributed by atoms with van der Waals surface area (Å²) in [7, 11) is 0. The minimum Gasteiger partial charge on any atom is -0.454 e. The molecule has 1 aliphatic carbocycles. The van der Waals surface area contributed by atoms with Crippen molar-refractivity contribution in [1.29, 1.82) is 0 Å². The molecule has 5 nitrogen and oxygen atoms in total. The van der Waals surface area contributed by atoms with Gasteiger partial charge in [0.15, 0.2) is 11.5 Å². The molecule has 1 saturated carbocycles. The second kappa shape index (κ2) is 5.39. The lowest BCUT2D eigenvalue weighted by atomic mass is 9.85. The molecule has 1 aromatic carbocycles. The number of aliphatic hydroxyl groups is 1. The van der Waals surface area contributed by atoms with Crippen LogP contribution in [0.3, 0.4) is 0 Å². The molecular weight excluding hydrogens is 294 g/mol. The molecule has 1 aliphatic heterocycles. The Morgan fingerprint density at radius 1 is 1.52 bits per heavy atom. The lowest BCUT2D eigenvalue weighted by Crippen LogP contribution is -2.44. The van der Waals surface area contributed by atoms with E-state index in [1.807, 2.05) is 6.92 Å². The number of halogens is 1. The lowest BCUT2D eigenvalue weighted by Gasteiger charge is -2.30. The van der Waals surface area contributed by atoms with Gasteiger partial charge in [-0.3, -0.25) is 4.79 Å². The van der Waals surface area contributed by atoms with Crippen molar-refractivity contribution in [2.45, 2.75) is 32.2 Å². The first-order chi connectivity index (χ1) is 10.0. The van der Waals surface area contributed by atoms with Crippen LogP contribution in [-0.2, 0) is 0 Å². The molecule has 3 rings (SSSR count). The third-order valence-corrected chi connectivity index (χ3v) is 4.72. The Bertz CT molecular complexity index is 577. The highest BCUT2D eigenvalue weighted by atomic mass is 35.5. The molecule has 2 atom stereocenters. The average molecular weight is 312 g/mol. The maximum absolute atomic E-state index is 12.4. The van der Waals surface area contributed by atoms with Gasteiger partial charge < -0.3 is 19.9 Å². The van der Waals surface area contributed by atoms with Gasteiger partial charge in [0, 0.05) is 17.0 Å². The Morgan fingerprint density at radius 3 is 3.10 bits per heavy atom. The number of fused-ring (bicyclic) bond motifs is 1. The highest BCUT2D eigenvalue weighted by molar-refractivity contribution is 6.32. The number of nitrogens with one attached hydrogen (secondary N) is 1. The summed E-state index contributed by atoms with van der Waals surface area (Å²) in [4.78, 5) is 12.4. The molecule has 1 heterocycles. The molecular formula is C15H18ClNO4. The van der Waals surface area contributed by atoms with Crippen LogP contribution >= 0.6 is 11.6 Å². The van der Waals surface area contributed by atoms with Crippen LogP contribution in [-0.4, -0.2) is 30.5 Å². The minimum atomic E-state index is -0.254. The standard InChI is InChI=1S/C15H18ClNO4/c1-15(7-18)4-2-3-12(15)17-14(19)9-5-10(16)13-11(6-9)20-8-21-13/h5-6,12,18H,2-4,7-8H2,1H3,(H,17,19)/t12-,15-/m1/s1. The molecule has 0 bridgehead atoms. The summed E-state index contributed by atoms with van der Waals surface area (Å²) in [6.45, 7) is 2.18. The molecule has 0 unspecified atom stereocenters. The first-order valence-electron chi connectivity index (χ1n) is 7.04. The third kappa shape index (κ3) is 2.56. The molecule has 0 saturated heterocycles. The number of hydrogen-bond acceptors (Lipinski definition) is 4. The summed E-state index contributed by atoms with van der Waals surface area (Å²) in [6, 6.07) is 3.18. The van der Waals surface area contributed by atoms with Crippen LogP contribution in [0.25, 0.3) is 0 Å². The quantitative estimate of drug-likeness (QED) is 0.899. The van der Waals surface area contributed by atoms with Crippen molar-refractivity contribution < 1.29 is 19.4 Å². The molecule has 114 valence electrons. The Balaban J connectivity index is 1.79. The molecule has 0 aromatic heterocycles. The second-order valence-electron chi connectivity index (χ2n) is 5.92. The zero-order valence-electron chi connectivity index (χ0n) is 11.8. The Labute approximate surface area is 128 Å². The number of hydrogen-bond donors (Lipinski definition) is 2. The fourth-order valence-corrected chi connectivity index (χ4v) is 3.27. The maximum Gasteiger partial charge on any atom is 0.251 e. The molecule has 2 aliphatic rings. The Morgan fingerprint density at radius 2 is 2.33 bits per heavy atom. The highest BCUT2D eigenvalue weighted by Gasteiger charge is 2.39. The van der Waals surface area contributed by atoms with Crippen molar-refractivity contribution in [1.82, 2.24) is 5.32 Å². The highest BCUT2D eigenvalue weighted by Crippen LogP contribution is 2.40. The fourth-order valence-electron chi connectivity index (χ4n) is 3.01. The zero-order valence-corrected chi connectivity index (χ0v) is 12.6. The lowest BCUT2D eigenvalue weighted by molar-refractivity contribution is 0.0830. The number of rotatable bonds is 3. The van der Waals surface area contributed by atoms with Crippen molar-refractivity contribution in [2.24, 2.45) is 5.41 Å². The van der Waals surface area contributed by atoms with Crippen LogP contribution < -0.4 is 14.8 Å². The number of aliphatic hydroxyl groups excluding tert-OH is 1. The summed E-state index contributed by atoms with van der Waals surface area (Å²) >= 11 is 6.09. The van der Waals surface area contributed by atoms with Crippen LogP contribution in [0.4, 0.5) is 0 Å². The van der Waals surface area contributed by atoms with E-state index in [4.69, 9.17) is 21.1 Å². The van der Waals surface area contributed by atoms with E-state index in [2.05, 4.69) is 5.32 Å². The number of carbonyl (C=O) groups is 1. The third-order valence-electron chi connectivity index (χ3n) is 4.44. The normalized spacial score (nSPS) is 26.9. The van der Waals surface area contributed by atoms with E-state index in [1.54, 1.807) is 12.1 Å². The molecule has 2 N–H and O–H groups in total. The van der Waals surface area contributed by atoms with Crippen LogP contribution in [0.15, 0.2) is 12.1 Å². The van der Waals surface area contributed by atoms with E-state index in [0.29, 0.717) is 22.1 Å². The smallest absolute Gasteiger partial charge is 0.251 e. The van der Waals surface area contributed by atoms with Crippen molar-refractivity contribution in [3.05, 3.63) is 22.7 Å². The number of ether oxygens (including phenoxy) is 2. The number of amides is 1. The Kier molecular flexibility index (Phi) is 3.71. The average Bonchev–Trinajstić information content (AvgIpc) is 3.07. The summed E-state index contributed by atoms with van der Waals surface area (Å²) < 4.78 is 10.5. The molecule has 0 spiro atoms. The van der Waals surface area contributed by atoms with E-state index in [0.717, 1.165) is 19.3 Å². The molecule has 1 aromatic rings. The Hall–Kier alpha value is -1.46. The van der Waals surface area contributed by atoms with Crippen LogP contribution in [0.2, 0.25) is 5.02 Å². The van der Waals surface area contributed by atoms with Gasteiger partial charge in [-0.05, 0) is 25.0 Å². The van der Waals surface area contributed by atoms with Gasteiger partial charge in [0.05, 0.1) is 11.6 Å². The van der Waals surface area contributed by atoms with Crippen molar-refractivity contribution in [3.8, 4) is 11.5 Å². The van der Waals surface area contributed by atoms with E-state index in [9.17, 15) is 9.90 Å². The number of carbonyl (C=O) groups excluding carboxylic acids is 1. The molecule has 6 heteroatoms. The maximum atomic E-state index is 12.4. The van der Waals surface area contributed by atoms with Crippen LogP contribution in [0, 0.1) is 5.41 Å². The summed E-state index contributed by atoms with van der Waals surface area (Å²) in [5.41, 5.74) is 0.187. The summed E-state index contributed by atoms with van der Waals surface area (Å²) in [6.07, 6.45) is 2.79.